The molecule has 0 unspecified atom stereocenters. The van der Waals surface area contributed by atoms with Crippen molar-refractivity contribution in [3.05, 3.63) is 58.3 Å². The van der Waals surface area contributed by atoms with Gasteiger partial charge in [0.2, 0.25) is 17.1 Å². The molecule has 31 heavy (non-hydrogen) atoms. The van der Waals surface area contributed by atoms with Crippen LogP contribution in [0.3, 0.4) is 0 Å². The number of hydrogen-bond acceptors (Lipinski definition) is 6. The Balaban J connectivity index is 2.41. The van der Waals surface area contributed by atoms with Crippen molar-refractivity contribution in [3.8, 4) is 34.1 Å². The summed E-state index contributed by atoms with van der Waals surface area (Å²) < 4.78 is 22.5. The summed E-state index contributed by atoms with van der Waals surface area (Å²) in [5.41, 5.74) is 2.93. The Morgan fingerprint density at radius 1 is 1.13 bits per heavy atom. The minimum absolute atomic E-state index is 0.175. The van der Waals surface area contributed by atoms with Crippen molar-refractivity contribution in [2.24, 2.45) is 0 Å². The normalized spacial score (nSPS) is 14.4. The summed E-state index contributed by atoms with van der Waals surface area (Å²) in [6.07, 6.45) is 2.88. The first kappa shape index (κ1) is 22.2. The zero-order valence-corrected chi connectivity index (χ0v) is 18.2. The monoisotopic (exact) mass is 425 g/mol. The molecule has 7 heteroatoms. The van der Waals surface area contributed by atoms with E-state index in [-0.39, 0.29) is 29.7 Å². The molecule has 164 valence electrons. The predicted octanol–water partition coefficient (Wildman–Crippen LogP) is 3.43. The Bertz CT molecular complexity index is 1060. The van der Waals surface area contributed by atoms with Crippen LogP contribution in [-0.4, -0.2) is 33.8 Å². The van der Waals surface area contributed by atoms with E-state index in [0.29, 0.717) is 35.7 Å². The molecule has 0 saturated carbocycles. The number of rotatable bonds is 7. The molecule has 0 aromatic heterocycles. The van der Waals surface area contributed by atoms with Crippen molar-refractivity contribution in [1.82, 2.24) is 5.32 Å². The Morgan fingerprint density at radius 2 is 1.87 bits per heavy atom. The first-order valence-electron chi connectivity index (χ1n) is 9.96. The lowest BCUT2D eigenvalue weighted by molar-refractivity contribution is -0.119. The summed E-state index contributed by atoms with van der Waals surface area (Å²) >= 11 is 0. The first-order chi connectivity index (χ1) is 14.9. The average molecular weight is 425 g/mol. The topological polar surface area (TPSA) is 83.1 Å². The molecule has 0 bridgehead atoms. The number of hydrogen-bond donors (Lipinski definition) is 1. The van der Waals surface area contributed by atoms with Crippen molar-refractivity contribution in [2.75, 3.05) is 27.9 Å². The highest BCUT2D eigenvalue weighted by molar-refractivity contribution is 5.83. The average Bonchev–Trinajstić information content (AvgIpc) is 2.99. The molecule has 0 heterocycles. The van der Waals surface area contributed by atoms with Crippen molar-refractivity contribution in [2.45, 2.75) is 25.8 Å². The van der Waals surface area contributed by atoms with Gasteiger partial charge in [-0.3, -0.25) is 9.59 Å². The summed E-state index contributed by atoms with van der Waals surface area (Å²) in [5, 5.41) is 2.97. The van der Waals surface area contributed by atoms with E-state index in [1.165, 1.54) is 20.1 Å². The fourth-order valence-corrected chi connectivity index (χ4v) is 3.95. The van der Waals surface area contributed by atoms with Crippen molar-refractivity contribution >= 4 is 5.91 Å². The largest absolute Gasteiger partial charge is 0.493 e. The Kier molecular flexibility index (Phi) is 6.84. The number of benzene rings is 1. The van der Waals surface area contributed by atoms with Gasteiger partial charge in [0, 0.05) is 12.5 Å². The van der Waals surface area contributed by atoms with Crippen LogP contribution < -0.4 is 29.7 Å². The highest BCUT2D eigenvalue weighted by atomic mass is 16.5. The smallest absolute Gasteiger partial charge is 0.220 e. The molecule has 0 radical (unpaired) electrons. The fourth-order valence-electron chi connectivity index (χ4n) is 3.95. The number of nitrogens with one attached hydrogen (secondary N) is 1. The molecule has 7 nitrogen and oxygen atoms in total. The van der Waals surface area contributed by atoms with E-state index in [9.17, 15) is 9.59 Å². The van der Waals surface area contributed by atoms with E-state index in [1.807, 2.05) is 12.1 Å². The van der Waals surface area contributed by atoms with Gasteiger partial charge in [-0.15, -0.1) is 0 Å². The zero-order valence-electron chi connectivity index (χ0n) is 18.2. The number of fused-ring (bicyclic) bond motifs is 3. The maximum Gasteiger partial charge on any atom is 0.220 e. The van der Waals surface area contributed by atoms with E-state index >= 15 is 0 Å². The van der Waals surface area contributed by atoms with E-state index in [1.54, 1.807) is 26.4 Å². The molecule has 0 spiro atoms. The minimum atomic E-state index is -0.353. The van der Waals surface area contributed by atoms with Crippen LogP contribution in [0.15, 0.2) is 41.7 Å². The van der Waals surface area contributed by atoms with Gasteiger partial charge in [0.1, 0.15) is 6.61 Å². The van der Waals surface area contributed by atoms with Gasteiger partial charge in [-0.25, -0.2) is 0 Å². The molecular weight excluding hydrogens is 398 g/mol. The molecule has 0 aliphatic heterocycles. The van der Waals surface area contributed by atoms with Gasteiger partial charge < -0.3 is 24.3 Å². The van der Waals surface area contributed by atoms with Gasteiger partial charge in [0.25, 0.3) is 0 Å². The van der Waals surface area contributed by atoms with Gasteiger partial charge in [-0.05, 0) is 47.7 Å². The number of carbonyl (C=O) groups excluding carboxylic acids is 1. The summed E-state index contributed by atoms with van der Waals surface area (Å²) in [6.45, 7) is 5.46. The lowest BCUT2D eigenvalue weighted by Crippen LogP contribution is -2.26. The molecule has 2 aromatic carbocycles. The van der Waals surface area contributed by atoms with E-state index in [0.717, 1.165) is 16.7 Å². The van der Waals surface area contributed by atoms with Gasteiger partial charge in [-0.2, -0.15) is 0 Å². The summed E-state index contributed by atoms with van der Waals surface area (Å²) in [6, 6.07) is 6.54. The second kappa shape index (κ2) is 9.55. The van der Waals surface area contributed by atoms with Crippen molar-refractivity contribution in [1.29, 1.82) is 0 Å². The number of ether oxygens (including phenoxy) is 4. The quantitative estimate of drug-likeness (QED) is 0.685. The van der Waals surface area contributed by atoms with E-state index in [2.05, 4.69) is 11.9 Å². The molecule has 0 fully saturated rings. The van der Waals surface area contributed by atoms with Gasteiger partial charge in [0.15, 0.2) is 17.2 Å². The third kappa shape index (κ3) is 4.35. The van der Waals surface area contributed by atoms with Gasteiger partial charge in [-0.1, -0.05) is 18.7 Å². The van der Waals surface area contributed by atoms with E-state index < -0.39 is 0 Å². The molecule has 3 rings (SSSR count). The highest BCUT2D eigenvalue weighted by Crippen LogP contribution is 2.50. The van der Waals surface area contributed by atoms with Crippen LogP contribution >= 0.6 is 0 Å². The van der Waals surface area contributed by atoms with Crippen LogP contribution in [0.1, 0.15) is 30.5 Å². The summed E-state index contributed by atoms with van der Waals surface area (Å²) in [5.74, 6) is 1.53. The van der Waals surface area contributed by atoms with Crippen LogP contribution in [0.4, 0.5) is 0 Å². The molecule has 1 atom stereocenters. The molecule has 0 saturated heterocycles. The van der Waals surface area contributed by atoms with Crippen LogP contribution in [0.5, 0.6) is 23.0 Å². The standard InChI is InChI=1S/C24H27NO6/c1-6-11-31-24-22-15(12-21(29-4)23(24)30-5)7-9-18(25-14(2)26)17-13-19(27)20(28-3)10-8-16(17)22/h6,8,10,12-13,18H,1,7,9,11H2,2-5H3,(H,25,26)/t18-/m0/s1. The SMILES string of the molecule is C=CCOc1c(OC)c(OC)cc2c1-c1ccc(OC)c(=O)cc1[C@@H](NC(C)=O)CC2. The Labute approximate surface area is 181 Å². The first-order valence-corrected chi connectivity index (χ1v) is 9.96. The Hall–Kier alpha value is -3.48. The highest BCUT2D eigenvalue weighted by Gasteiger charge is 2.29. The van der Waals surface area contributed by atoms with E-state index in [4.69, 9.17) is 18.9 Å². The zero-order chi connectivity index (χ0) is 22.5. The molecule has 1 N–H and O–H groups in total. The lowest BCUT2D eigenvalue weighted by atomic mass is 9.95. The lowest BCUT2D eigenvalue weighted by Gasteiger charge is -2.20. The molecular formula is C24H27NO6. The second-order valence-electron chi connectivity index (χ2n) is 7.15. The van der Waals surface area contributed by atoms with Gasteiger partial charge in [0.05, 0.1) is 27.4 Å². The van der Waals surface area contributed by atoms with Gasteiger partial charge >= 0.3 is 0 Å². The number of amides is 1. The maximum absolute atomic E-state index is 12.7. The van der Waals surface area contributed by atoms with Crippen LogP contribution in [0, 0.1) is 0 Å². The molecule has 1 aliphatic carbocycles. The summed E-state index contributed by atoms with van der Waals surface area (Å²) in [7, 11) is 4.57. The number of aryl methyl sites for hydroxylation is 1. The fraction of sp³-hybridized carbons (Fsp3) is 0.333. The molecule has 2 aromatic rings. The minimum Gasteiger partial charge on any atom is -0.493 e. The number of methoxy groups -OCH3 is 3. The predicted molar refractivity (Wildman–Crippen MR) is 118 cm³/mol. The van der Waals surface area contributed by atoms with Crippen LogP contribution in [0.2, 0.25) is 0 Å². The van der Waals surface area contributed by atoms with Crippen molar-refractivity contribution < 1.29 is 23.7 Å². The third-order valence-corrected chi connectivity index (χ3v) is 5.24. The second-order valence-corrected chi connectivity index (χ2v) is 7.15. The molecule has 1 aliphatic rings. The molecule has 1 amide bonds. The number of carbonyl (C=O) groups is 1. The third-order valence-electron chi connectivity index (χ3n) is 5.24. The van der Waals surface area contributed by atoms with Crippen LogP contribution in [-0.2, 0) is 11.2 Å². The van der Waals surface area contributed by atoms with Crippen LogP contribution in [0.25, 0.3) is 11.1 Å². The van der Waals surface area contributed by atoms with Crippen molar-refractivity contribution in [3.63, 3.8) is 0 Å². The Morgan fingerprint density at radius 3 is 2.48 bits per heavy atom. The maximum atomic E-state index is 12.7. The summed E-state index contributed by atoms with van der Waals surface area (Å²) in [4.78, 5) is 24.6.